The highest BCUT2D eigenvalue weighted by molar-refractivity contribution is 5.37. The lowest BCUT2D eigenvalue weighted by molar-refractivity contribution is -0.116. The smallest absolute Gasteiger partial charge is 0.119 e. The van der Waals surface area contributed by atoms with Gasteiger partial charge in [0.1, 0.15) is 24.7 Å². The second-order valence-electron chi connectivity index (χ2n) is 11.9. The van der Waals surface area contributed by atoms with Gasteiger partial charge < -0.3 is 28.4 Å². The monoisotopic (exact) mass is 610 g/mol. The Bertz CT molecular complexity index is 1310. The second kappa shape index (κ2) is 16.0. The quantitative estimate of drug-likeness (QED) is 0.228. The van der Waals surface area contributed by atoms with Crippen molar-refractivity contribution >= 4 is 0 Å². The molecule has 45 heavy (non-hydrogen) atoms. The minimum Gasteiger partial charge on any atom is -0.491 e. The maximum atomic E-state index is 6.22. The molecular formula is C37H42N2O6. The Kier molecular flexibility index (Phi) is 11.1. The number of hydrogen-bond acceptors (Lipinski definition) is 8. The summed E-state index contributed by atoms with van der Waals surface area (Å²) in [5.41, 5.74) is 3.86. The summed E-state index contributed by atoms with van der Waals surface area (Å²) < 4.78 is 37.0. The lowest BCUT2D eigenvalue weighted by Crippen LogP contribution is -2.42. The number of pyridine rings is 2. The standard InChI is InChI=1S/C37H42N2O6/c1-3-17-38-31(5-1)23-42-27-37(28-43-24-32-6-2-4-18-39-32)25-40-19-21-44-33-11-7-29(8-12-33)35-15-16-36(35)30-9-13-34(14-10-30)45-22-20-41-26-37/h1-14,17-18,35-36H,15-16,19-28H2. The van der Waals surface area contributed by atoms with Gasteiger partial charge in [-0.05, 0) is 84.3 Å². The first-order valence-corrected chi connectivity index (χ1v) is 15.8. The van der Waals surface area contributed by atoms with Gasteiger partial charge in [0.15, 0.2) is 0 Å². The van der Waals surface area contributed by atoms with Gasteiger partial charge in [-0.3, -0.25) is 9.97 Å². The Hall–Kier alpha value is -3.82. The van der Waals surface area contributed by atoms with E-state index in [1.165, 1.54) is 24.0 Å². The molecule has 0 N–H and O–H groups in total. The highest BCUT2D eigenvalue weighted by Crippen LogP contribution is 2.49. The normalized spacial score (nSPS) is 20.2. The Morgan fingerprint density at radius 3 is 1.44 bits per heavy atom. The molecule has 2 aromatic heterocycles. The Morgan fingerprint density at radius 2 is 1.04 bits per heavy atom. The van der Waals surface area contributed by atoms with Gasteiger partial charge in [0.25, 0.3) is 0 Å². The van der Waals surface area contributed by atoms with Crippen LogP contribution in [0.1, 0.15) is 47.2 Å². The second-order valence-corrected chi connectivity index (χ2v) is 11.9. The van der Waals surface area contributed by atoms with E-state index >= 15 is 0 Å². The number of hydrogen-bond donors (Lipinski definition) is 0. The van der Waals surface area contributed by atoms with Crippen LogP contribution in [0.2, 0.25) is 0 Å². The summed E-state index contributed by atoms with van der Waals surface area (Å²) in [5.74, 6) is 2.75. The molecule has 8 nitrogen and oxygen atoms in total. The van der Waals surface area contributed by atoms with Crippen molar-refractivity contribution in [3.63, 3.8) is 0 Å². The van der Waals surface area contributed by atoms with Crippen LogP contribution >= 0.6 is 0 Å². The lowest BCUT2D eigenvalue weighted by atomic mass is 9.67. The summed E-state index contributed by atoms with van der Waals surface area (Å²) in [6, 6.07) is 28.7. The number of benzene rings is 2. The van der Waals surface area contributed by atoms with E-state index in [0.717, 1.165) is 22.9 Å². The minimum atomic E-state index is -0.578. The number of fused-ring (bicyclic) bond motifs is 2. The topological polar surface area (TPSA) is 81.2 Å². The van der Waals surface area contributed by atoms with Crippen molar-refractivity contribution in [1.82, 2.24) is 9.97 Å². The van der Waals surface area contributed by atoms with E-state index in [4.69, 9.17) is 28.4 Å². The van der Waals surface area contributed by atoms with E-state index in [2.05, 4.69) is 58.5 Å². The Labute approximate surface area is 265 Å². The maximum Gasteiger partial charge on any atom is 0.119 e. The molecule has 8 heteroatoms. The first-order valence-electron chi connectivity index (χ1n) is 15.8. The van der Waals surface area contributed by atoms with Crippen LogP contribution in [-0.2, 0) is 32.2 Å². The third kappa shape index (κ3) is 8.89. The van der Waals surface area contributed by atoms with Crippen molar-refractivity contribution in [2.75, 3.05) is 52.9 Å². The van der Waals surface area contributed by atoms with Gasteiger partial charge in [0.2, 0.25) is 0 Å². The van der Waals surface area contributed by atoms with Crippen LogP contribution in [0, 0.1) is 5.41 Å². The van der Waals surface area contributed by atoms with Crippen molar-refractivity contribution in [3.05, 3.63) is 120 Å². The molecule has 1 aliphatic carbocycles. The van der Waals surface area contributed by atoms with Gasteiger partial charge in [-0.25, -0.2) is 0 Å². The highest BCUT2D eigenvalue weighted by atomic mass is 16.5. The number of aromatic nitrogens is 2. The van der Waals surface area contributed by atoms with Crippen molar-refractivity contribution < 1.29 is 28.4 Å². The molecule has 0 spiro atoms. The number of rotatable bonds is 8. The van der Waals surface area contributed by atoms with Crippen molar-refractivity contribution in [3.8, 4) is 11.5 Å². The zero-order valence-electron chi connectivity index (χ0n) is 25.7. The molecule has 4 bridgehead atoms. The van der Waals surface area contributed by atoms with Crippen LogP contribution in [0.3, 0.4) is 0 Å². The van der Waals surface area contributed by atoms with Crippen LogP contribution < -0.4 is 9.47 Å². The fourth-order valence-electron chi connectivity index (χ4n) is 5.90. The van der Waals surface area contributed by atoms with Crippen LogP contribution in [0.25, 0.3) is 0 Å². The van der Waals surface area contributed by atoms with Crippen LogP contribution in [0.4, 0.5) is 0 Å². The largest absolute Gasteiger partial charge is 0.491 e. The van der Waals surface area contributed by atoms with E-state index in [1.807, 2.05) is 36.4 Å². The van der Waals surface area contributed by atoms with Crippen LogP contribution in [-0.4, -0.2) is 62.8 Å². The predicted molar refractivity (Wildman–Crippen MR) is 170 cm³/mol. The number of ether oxygens (including phenoxy) is 6. The first kappa shape index (κ1) is 31.2. The highest BCUT2D eigenvalue weighted by Gasteiger charge is 2.34. The molecule has 0 radical (unpaired) electrons. The van der Waals surface area contributed by atoms with Gasteiger partial charge in [0.05, 0.1) is 69.7 Å². The summed E-state index contributed by atoms with van der Waals surface area (Å²) in [4.78, 5) is 8.79. The maximum absolute atomic E-state index is 6.22. The predicted octanol–water partition coefficient (Wildman–Crippen LogP) is 6.36. The van der Waals surface area contributed by atoms with Crippen LogP contribution in [0.15, 0.2) is 97.3 Å². The molecule has 2 aromatic carbocycles. The van der Waals surface area contributed by atoms with Gasteiger partial charge in [0, 0.05) is 12.4 Å². The minimum absolute atomic E-state index is 0.360. The van der Waals surface area contributed by atoms with E-state index in [1.54, 1.807) is 12.4 Å². The third-order valence-electron chi connectivity index (χ3n) is 8.47. The van der Waals surface area contributed by atoms with Crippen LogP contribution in [0.5, 0.6) is 11.5 Å². The zero-order chi connectivity index (χ0) is 30.6. The van der Waals surface area contributed by atoms with Gasteiger partial charge in [-0.15, -0.1) is 0 Å². The van der Waals surface area contributed by atoms with E-state index in [0.29, 0.717) is 77.9 Å². The molecule has 2 unspecified atom stereocenters. The average molecular weight is 611 g/mol. The van der Waals surface area contributed by atoms with Gasteiger partial charge in [-0.1, -0.05) is 36.4 Å². The molecular weight excluding hydrogens is 568 g/mol. The fourth-order valence-corrected chi connectivity index (χ4v) is 5.90. The third-order valence-corrected chi connectivity index (χ3v) is 8.47. The Balaban J connectivity index is 1.15. The van der Waals surface area contributed by atoms with Gasteiger partial charge in [-0.2, -0.15) is 0 Å². The fraction of sp³-hybridized carbons (Fsp3) is 0.405. The molecule has 5 heterocycles. The summed E-state index contributed by atoms with van der Waals surface area (Å²) in [6.07, 6.45) is 5.94. The molecule has 236 valence electrons. The Morgan fingerprint density at radius 1 is 0.578 bits per heavy atom. The van der Waals surface area contributed by atoms with Gasteiger partial charge >= 0.3 is 0 Å². The molecule has 1 saturated carbocycles. The molecule has 0 saturated heterocycles. The molecule has 4 aromatic rings. The molecule has 2 atom stereocenters. The molecule has 8 rings (SSSR count). The first-order chi connectivity index (χ1) is 22.3. The van der Waals surface area contributed by atoms with E-state index < -0.39 is 5.41 Å². The van der Waals surface area contributed by atoms with E-state index in [9.17, 15) is 0 Å². The summed E-state index contributed by atoms with van der Waals surface area (Å²) in [6.45, 7) is 3.93. The summed E-state index contributed by atoms with van der Waals surface area (Å²) in [5, 5.41) is 0. The van der Waals surface area contributed by atoms with Crippen molar-refractivity contribution in [2.45, 2.75) is 37.9 Å². The number of nitrogens with zero attached hydrogens (tertiary/aromatic N) is 2. The van der Waals surface area contributed by atoms with Crippen molar-refractivity contribution in [1.29, 1.82) is 0 Å². The average Bonchev–Trinajstić information content (AvgIpc) is 3.06. The SMILES string of the molecule is c1ccc(COCC2(COCc3ccccn3)COCCOc3ccc(cc3)C3CCC3c3ccc(cc3)OCCOC2)nc1. The molecule has 1 fully saturated rings. The zero-order valence-corrected chi connectivity index (χ0v) is 25.7. The molecule has 3 aliphatic heterocycles. The molecule has 0 amide bonds. The molecule has 4 aliphatic rings. The summed E-state index contributed by atoms with van der Waals surface area (Å²) in [7, 11) is 0. The van der Waals surface area contributed by atoms with E-state index in [-0.39, 0.29) is 0 Å². The van der Waals surface area contributed by atoms with Crippen molar-refractivity contribution in [2.24, 2.45) is 5.41 Å². The lowest BCUT2D eigenvalue weighted by Gasteiger charge is -2.37. The summed E-state index contributed by atoms with van der Waals surface area (Å²) >= 11 is 0.